The van der Waals surface area contributed by atoms with Gasteiger partial charge in [-0.2, -0.15) is 0 Å². The van der Waals surface area contributed by atoms with E-state index in [1.54, 1.807) is 0 Å². The van der Waals surface area contributed by atoms with E-state index in [0.717, 1.165) is 28.2 Å². The topological polar surface area (TPSA) is 76.0 Å². The first-order valence-electron chi connectivity index (χ1n) is 14.7. The third-order valence-corrected chi connectivity index (χ3v) is 6.79. The van der Waals surface area contributed by atoms with Gasteiger partial charge in [0.1, 0.15) is 0 Å². The summed E-state index contributed by atoms with van der Waals surface area (Å²) in [6.07, 6.45) is 0. The maximum Gasteiger partial charge on any atom is 4.00 e. The second kappa shape index (κ2) is 17.2. The summed E-state index contributed by atoms with van der Waals surface area (Å²) in [5.74, 6) is 1.12. The summed E-state index contributed by atoms with van der Waals surface area (Å²) < 4.78 is 0. The second-order valence-electron chi connectivity index (χ2n) is 13.6. The summed E-state index contributed by atoms with van der Waals surface area (Å²) in [6, 6.07) is 22.4. The first-order valence-corrected chi connectivity index (χ1v) is 14.7. The van der Waals surface area contributed by atoms with Gasteiger partial charge in [-0.05, 0) is 112 Å². The monoisotopic (exact) mass is 703 g/mol. The normalized spacial score (nSPS) is 10.7. The molecule has 2 aromatic heterocycles. The van der Waals surface area contributed by atoms with Gasteiger partial charge < -0.3 is 19.8 Å². The van der Waals surface area contributed by atoms with Crippen LogP contribution in [0.1, 0.15) is 63.8 Å². The van der Waals surface area contributed by atoms with Crippen molar-refractivity contribution in [1.29, 1.82) is 0 Å². The molecule has 2 aromatic carbocycles. The maximum absolute atomic E-state index is 10.5. The zero-order valence-electron chi connectivity index (χ0n) is 30.5. The van der Waals surface area contributed by atoms with E-state index in [1.165, 1.54) is 32.4 Å². The SMILES string of the molecule is Cc1cc(C)cc(-c2cc(N(C)C)cc(N(O)C(C)(C)C)n2)c1.Cc1cc(C)cc(-c2cccc(N(O)C(C)(C)C)n2)c1.[CH3-].[CH3-].[Zr+4]. The molecular weight excluding hydrogens is 650 g/mol. The van der Waals surface area contributed by atoms with Gasteiger partial charge in [-0.3, -0.25) is 10.4 Å². The van der Waals surface area contributed by atoms with E-state index in [9.17, 15) is 10.4 Å². The third-order valence-electron chi connectivity index (χ3n) is 6.79. The Morgan fingerprint density at radius 1 is 0.543 bits per heavy atom. The Hall–Kier alpha value is -3.06. The Bertz CT molecular complexity index is 1520. The summed E-state index contributed by atoms with van der Waals surface area (Å²) in [6.45, 7) is 20.0. The maximum atomic E-state index is 10.5. The molecule has 0 unspecified atom stereocenters. The first-order chi connectivity index (χ1) is 19.8. The van der Waals surface area contributed by atoms with Gasteiger partial charge >= 0.3 is 26.2 Å². The van der Waals surface area contributed by atoms with E-state index in [4.69, 9.17) is 0 Å². The predicted octanol–water partition coefficient (Wildman–Crippen LogP) is 9.68. The Kier molecular flexibility index (Phi) is 16.1. The van der Waals surface area contributed by atoms with Crippen molar-refractivity contribution in [3.63, 3.8) is 0 Å². The van der Waals surface area contributed by atoms with Gasteiger partial charge in [0.25, 0.3) is 0 Å². The smallest absolute Gasteiger partial charge is 0.377 e. The fourth-order valence-corrected chi connectivity index (χ4v) is 4.65. The van der Waals surface area contributed by atoms with Crippen LogP contribution in [0.4, 0.5) is 17.3 Å². The van der Waals surface area contributed by atoms with Crippen LogP contribution in [0, 0.1) is 42.5 Å². The zero-order chi connectivity index (χ0) is 32.3. The van der Waals surface area contributed by atoms with Crippen molar-refractivity contribution in [2.45, 2.75) is 80.3 Å². The fourth-order valence-electron chi connectivity index (χ4n) is 4.65. The summed E-state index contributed by atoms with van der Waals surface area (Å²) in [7, 11) is 3.98. The van der Waals surface area contributed by atoms with Crippen molar-refractivity contribution < 1.29 is 36.6 Å². The Balaban J connectivity index is 0.000000833. The largest absolute Gasteiger partial charge is 4.00 e. The van der Waals surface area contributed by atoms with E-state index in [0.29, 0.717) is 11.6 Å². The Labute approximate surface area is 298 Å². The number of aryl methyl sites for hydroxylation is 4. The van der Waals surface area contributed by atoms with Crippen LogP contribution in [0.5, 0.6) is 0 Å². The van der Waals surface area contributed by atoms with Crippen LogP contribution in [0.3, 0.4) is 0 Å². The third kappa shape index (κ3) is 11.6. The van der Waals surface area contributed by atoms with E-state index in [-0.39, 0.29) is 46.6 Å². The van der Waals surface area contributed by atoms with E-state index in [1.807, 2.05) is 90.9 Å². The van der Waals surface area contributed by atoms with Gasteiger partial charge in [0.15, 0.2) is 11.6 Å². The number of anilines is 3. The molecule has 0 bridgehead atoms. The molecule has 246 valence electrons. The number of benzene rings is 2. The molecule has 0 aliphatic heterocycles. The Morgan fingerprint density at radius 2 is 0.935 bits per heavy atom. The van der Waals surface area contributed by atoms with Crippen LogP contribution < -0.4 is 15.0 Å². The molecule has 0 aliphatic carbocycles. The van der Waals surface area contributed by atoms with Crippen LogP contribution in [-0.2, 0) is 26.2 Å². The molecular formula is C38H55N5O2Zr+2. The van der Waals surface area contributed by atoms with Gasteiger partial charge in [0.2, 0.25) is 0 Å². The van der Waals surface area contributed by atoms with Crippen molar-refractivity contribution in [1.82, 2.24) is 9.97 Å². The minimum absolute atomic E-state index is 0. The molecule has 7 nitrogen and oxygen atoms in total. The van der Waals surface area contributed by atoms with Crippen molar-refractivity contribution in [2.24, 2.45) is 0 Å². The average molecular weight is 705 g/mol. The molecule has 0 radical (unpaired) electrons. The molecule has 0 saturated heterocycles. The molecule has 8 heteroatoms. The molecule has 4 rings (SSSR count). The summed E-state index contributed by atoms with van der Waals surface area (Å²) in [5.41, 5.74) is 8.91. The van der Waals surface area contributed by atoms with Gasteiger partial charge in [0.05, 0.1) is 22.5 Å². The standard InChI is InChI=1S/C19H27N3O.C17H22N2O.2CH3.Zr/c1-13-8-14(2)10-15(9-13)17-11-16(21(6)7)12-18(20-17)22(23)19(3,4)5;1-12-9-13(2)11-14(10-12)15-7-6-8-16(18-15)19(20)17(3,4)5;;;/h8-12,23H,1-7H3;6-11,20H,1-5H3;2*1H3;/q;;2*-1;+4. The average Bonchev–Trinajstić information content (AvgIpc) is 2.90. The Morgan fingerprint density at radius 3 is 1.35 bits per heavy atom. The van der Waals surface area contributed by atoms with Crippen LogP contribution in [-0.4, -0.2) is 45.6 Å². The van der Waals surface area contributed by atoms with Crippen LogP contribution in [0.15, 0.2) is 66.7 Å². The van der Waals surface area contributed by atoms with Crippen LogP contribution in [0.25, 0.3) is 22.5 Å². The van der Waals surface area contributed by atoms with Gasteiger partial charge in [-0.15, -0.1) is 0 Å². The number of aromatic nitrogens is 2. The minimum atomic E-state index is -0.419. The number of rotatable bonds is 5. The minimum Gasteiger partial charge on any atom is -0.377 e. The summed E-state index contributed by atoms with van der Waals surface area (Å²) in [5, 5.41) is 23.1. The molecule has 0 saturated carbocycles. The molecule has 46 heavy (non-hydrogen) atoms. The molecule has 0 spiro atoms. The van der Waals surface area contributed by atoms with Gasteiger partial charge in [-0.1, -0.05) is 40.5 Å². The number of hydrogen-bond donors (Lipinski definition) is 2. The van der Waals surface area contributed by atoms with Crippen molar-refractivity contribution in [2.75, 3.05) is 29.1 Å². The van der Waals surface area contributed by atoms with E-state index >= 15 is 0 Å². The van der Waals surface area contributed by atoms with Crippen molar-refractivity contribution >= 4 is 17.3 Å². The number of hydroxylamine groups is 2. The second-order valence-corrected chi connectivity index (χ2v) is 13.6. The van der Waals surface area contributed by atoms with Gasteiger partial charge in [-0.25, -0.2) is 20.1 Å². The predicted molar refractivity (Wildman–Crippen MR) is 193 cm³/mol. The molecule has 0 atom stereocenters. The molecule has 2 N–H and O–H groups in total. The molecule has 0 aliphatic rings. The van der Waals surface area contributed by atoms with Crippen molar-refractivity contribution in [3.05, 3.63) is 104 Å². The van der Waals surface area contributed by atoms with Crippen LogP contribution >= 0.6 is 0 Å². The molecule has 2 heterocycles. The number of pyridine rings is 2. The number of hydrogen-bond acceptors (Lipinski definition) is 7. The molecule has 0 amide bonds. The van der Waals surface area contributed by atoms with Crippen LogP contribution in [0.2, 0.25) is 0 Å². The van der Waals surface area contributed by atoms with Gasteiger partial charge in [0, 0.05) is 37.0 Å². The quantitative estimate of drug-likeness (QED) is 0.158. The zero-order valence-corrected chi connectivity index (χ0v) is 32.9. The fraction of sp³-hybridized carbons (Fsp3) is 0.368. The molecule has 0 fully saturated rings. The summed E-state index contributed by atoms with van der Waals surface area (Å²) in [4.78, 5) is 11.3. The van der Waals surface area contributed by atoms with E-state index in [2.05, 4.69) is 74.1 Å². The summed E-state index contributed by atoms with van der Waals surface area (Å²) >= 11 is 0. The van der Waals surface area contributed by atoms with E-state index < -0.39 is 5.54 Å². The number of nitrogens with zero attached hydrogens (tertiary/aromatic N) is 5. The first kappa shape index (κ1) is 42.9. The van der Waals surface area contributed by atoms with Crippen molar-refractivity contribution in [3.8, 4) is 22.5 Å². The molecule has 4 aromatic rings.